The third-order valence-electron chi connectivity index (χ3n) is 10.0. The quantitative estimate of drug-likeness (QED) is 0.0907. The van der Waals surface area contributed by atoms with Gasteiger partial charge in [-0.15, -0.1) is 0 Å². The summed E-state index contributed by atoms with van der Waals surface area (Å²) in [6.45, 7) is 16.2. The van der Waals surface area contributed by atoms with Gasteiger partial charge in [-0.05, 0) is 139 Å². The SMILES string of the molecule is COc1cc(C(O)C2C(=O)N(CCc3ccc(OC(C)C)cc3)[C@H](c3ccc(OC(C)C)c(OC)c3)[C@H]2C(=O)NCCc2ccc(OC(C)C)cc2)ccc1OC(C)C. The van der Waals surface area contributed by atoms with Crippen LogP contribution in [0.2, 0.25) is 0 Å². The van der Waals surface area contributed by atoms with Gasteiger partial charge >= 0.3 is 0 Å². The molecule has 2 N–H and O–H groups in total. The molecular weight excluding hydrogens is 749 g/mol. The molecule has 1 aliphatic heterocycles. The molecular formula is C48H62N2O9. The van der Waals surface area contributed by atoms with Crippen LogP contribution in [0.5, 0.6) is 34.5 Å². The first-order valence-corrected chi connectivity index (χ1v) is 20.7. The number of carbonyl (C=O) groups excluding carboxylic acids is 2. The lowest BCUT2D eigenvalue weighted by Crippen LogP contribution is -2.39. The summed E-state index contributed by atoms with van der Waals surface area (Å²) < 4.78 is 35.1. The van der Waals surface area contributed by atoms with Crippen molar-refractivity contribution in [2.75, 3.05) is 27.3 Å². The first-order valence-electron chi connectivity index (χ1n) is 20.7. The van der Waals surface area contributed by atoms with E-state index in [1.807, 2.05) is 122 Å². The maximum Gasteiger partial charge on any atom is 0.230 e. The number of amides is 2. The highest BCUT2D eigenvalue weighted by Gasteiger charge is 2.55. The van der Waals surface area contributed by atoms with E-state index in [0.29, 0.717) is 53.5 Å². The van der Waals surface area contributed by atoms with Crippen LogP contribution in [0.3, 0.4) is 0 Å². The molecule has 0 aliphatic carbocycles. The van der Waals surface area contributed by atoms with E-state index in [1.54, 1.807) is 30.2 Å². The zero-order valence-electron chi connectivity index (χ0n) is 36.2. The molecule has 0 spiro atoms. The maximum atomic E-state index is 15.0. The van der Waals surface area contributed by atoms with Gasteiger partial charge in [0.1, 0.15) is 11.5 Å². The molecule has 2 amide bonds. The third-order valence-corrected chi connectivity index (χ3v) is 10.0. The summed E-state index contributed by atoms with van der Waals surface area (Å²) in [7, 11) is 3.09. The molecule has 4 aromatic rings. The van der Waals surface area contributed by atoms with E-state index in [-0.39, 0.29) is 42.8 Å². The second-order valence-electron chi connectivity index (χ2n) is 16.0. The minimum absolute atomic E-state index is 0.0355. The molecule has 1 fully saturated rings. The van der Waals surface area contributed by atoms with E-state index in [1.165, 1.54) is 7.11 Å². The van der Waals surface area contributed by atoms with Gasteiger partial charge in [0, 0.05) is 13.1 Å². The van der Waals surface area contributed by atoms with Gasteiger partial charge < -0.3 is 43.7 Å². The zero-order valence-corrected chi connectivity index (χ0v) is 36.2. The number of hydrogen-bond donors (Lipinski definition) is 2. The van der Waals surface area contributed by atoms with Crippen molar-refractivity contribution in [3.63, 3.8) is 0 Å². The number of ether oxygens (including phenoxy) is 6. The fourth-order valence-corrected chi connectivity index (χ4v) is 7.50. The number of aliphatic hydroxyl groups excluding tert-OH is 1. The van der Waals surface area contributed by atoms with Gasteiger partial charge in [-0.3, -0.25) is 9.59 Å². The number of benzene rings is 4. The Morgan fingerprint density at radius 1 is 0.644 bits per heavy atom. The molecule has 4 aromatic carbocycles. The fourth-order valence-electron chi connectivity index (χ4n) is 7.50. The summed E-state index contributed by atoms with van der Waals surface area (Å²) in [4.78, 5) is 31.5. The molecule has 0 saturated carbocycles. The lowest BCUT2D eigenvalue weighted by Gasteiger charge is -2.29. The lowest BCUT2D eigenvalue weighted by molar-refractivity contribution is -0.137. The molecule has 59 heavy (non-hydrogen) atoms. The smallest absolute Gasteiger partial charge is 0.230 e. The van der Waals surface area contributed by atoms with Crippen molar-refractivity contribution in [3.8, 4) is 34.5 Å². The van der Waals surface area contributed by atoms with E-state index in [2.05, 4.69) is 5.32 Å². The molecule has 1 aliphatic rings. The van der Waals surface area contributed by atoms with Gasteiger partial charge in [-0.2, -0.15) is 0 Å². The predicted molar refractivity (Wildman–Crippen MR) is 229 cm³/mol. The number of rotatable bonds is 20. The molecule has 0 bridgehead atoms. The van der Waals surface area contributed by atoms with E-state index in [4.69, 9.17) is 28.4 Å². The number of methoxy groups -OCH3 is 2. The summed E-state index contributed by atoms with van der Waals surface area (Å²) in [5.74, 6) is 0.640. The number of carbonyl (C=O) groups is 2. The standard InChI is InChI=1S/C48H62N2O9/c1-29(2)56-37-17-11-33(12-18-37)23-25-49-47(52)43-44(46(51)36-16-22-40(59-32(7)8)42(28-36)55-10)48(53)50(26-24-34-13-19-38(20-14-34)57-30(3)4)45(43)35-15-21-39(58-31(5)6)41(27-35)54-9/h11-22,27-32,43-46,51H,23-26H2,1-10H3,(H,49,52)/t43-,44?,45+,46?/m0/s1. The van der Waals surface area contributed by atoms with Gasteiger partial charge in [0.25, 0.3) is 0 Å². The van der Waals surface area contributed by atoms with Crippen molar-refractivity contribution >= 4 is 11.8 Å². The van der Waals surface area contributed by atoms with Crippen molar-refractivity contribution in [2.45, 2.75) is 105 Å². The van der Waals surface area contributed by atoms with Crippen molar-refractivity contribution < 1.29 is 43.1 Å². The highest BCUT2D eigenvalue weighted by Crippen LogP contribution is 2.49. The normalized spacial score (nSPS) is 17.1. The van der Waals surface area contributed by atoms with Crippen LogP contribution in [0.1, 0.15) is 89.8 Å². The number of nitrogens with zero attached hydrogens (tertiary/aromatic N) is 1. The van der Waals surface area contributed by atoms with Crippen LogP contribution in [-0.4, -0.2) is 73.5 Å². The minimum atomic E-state index is -1.36. The van der Waals surface area contributed by atoms with Crippen LogP contribution >= 0.6 is 0 Å². The highest BCUT2D eigenvalue weighted by atomic mass is 16.5. The summed E-state index contributed by atoms with van der Waals surface area (Å²) >= 11 is 0. The Hall–Kier alpha value is -5.42. The Balaban J connectivity index is 1.55. The van der Waals surface area contributed by atoms with Crippen LogP contribution in [0.4, 0.5) is 0 Å². The molecule has 11 heteroatoms. The zero-order chi connectivity index (χ0) is 42.8. The molecule has 0 radical (unpaired) electrons. The summed E-state index contributed by atoms with van der Waals surface area (Å²) in [6.07, 6.45) is -0.441. The predicted octanol–water partition coefficient (Wildman–Crippen LogP) is 8.30. The Morgan fingerprint density at radius 2 is 1.14 bits per heavy atom. The number of aliphatic hydroxyl groups is 1. The largest absolute Gasteiger partial charge is 0.493 e. The van der Waals surface area contributed by atoms with Gasteiger partial charge in [0.2, 0.25) is 11.8 Å². The number of nitrogens with one attached hydrogen (secondary N) is 1. The van der Waals surface area contributed by atoms with Crippen LogP contribution in [-0.2, 0) is 22.4 Å². The lowest BCUT2D eigenvalue weighted by atomic mass is 9.80. The topological polar surface area (TPSA) is 125 Å². The monoisotopic (exact) mass is 810 g/mol. The molecule has 5 rings (SSSR count). The Kier molecular flexibility index (Phi) is 15.5. The van der Waals surface area contributed by atoms with Gasteiger partial charge in [0.15, 0.2) is 23.0 Å². The van der Waals surface area contributed by atoms with Gasteiger partial charge in [-0.1, -0.05) is 36.4 Å². The van der Waals surface area contributed by atoms with Crippen molar-refractivity contribution in [1.29, 1.82) is 0 Å². The van der Waals surface area contributed by atoms with Gasteiger partial charge in [-0.25, -0.2) is 0 Å². The minimum Gasteiger partial charge on any atom is -0.493 e. The Labute approximate surface area is 349 Å². The van der Waals surface area contributed by atoms with E-state index < -0.39 is 24.0 Å². The van der Waals surface area contributed by atoms with Crippen LogP contribution in [0, 0.1) is 11.8 Å². The fraction of sp³-hybridized carbons (Fsp3) is 0.458. The summed E-state index contributed by atoms with van der Waals surface area (Å²) in [5.41, 5.74) is 3.12. The van der Waals surface area contributed by atoms with Crippen LogP contribution in [0.25, 0.3) is 0 Å². The van der Waals surface area contributed by atoms with E-state index in [9.17, 15) is 14.7 Å². The van der Waals surface area contributed by atoms with Crippen molar-refractivity contribution in [3.05, 3.63) is 107 Å². The molecule has 11 nitrogen and oxygen atoms in total. The average Bonchev–Trinajstić information content (AvgIpc) is 3.48. The average molecular weight is 811 g/mol. The van der Waals surface area contributed by atoms with E-state index in [0.717, 1.165) is 22.6 Å². The second-order valence-corrected chi connectivity index (χ2v) is 16.0. The second kappa shape index (κ2) is 20.5. The van der Waals surface area contributed by atoms with E-state index >= 15 is 0 Å². The third kappa shape index (κ3) is 11.6. The Morgan fingerprint density at radius 3 is 1.64 bits per heavy atom. The van der Waals surface area contributed by atoms with Crippen LogP contribution < -0.4 is 33.7 Å². The molecule has 0 aromatic heterocycles. The Bertz CT molecular complexity index is 1980. The molecule has 318 valence electrons. The van der Waals surface area contributed by atoms with Crippen molar-refractivity contribution in [1.82, 2.24) is 10.2 Å². The van der Waals surface area contributed by atoms with Crippen molar-refractivity contribution in [2.24, 2.45) is 11.8 Å². The number of hydrogen-bond acceptors (Lipinski definition) is 9. The summed E-state index contributed by atoms with van der Waals surface area (Å²) in [5, 5.41) is 15.5. The summed E-state index contributed by atoms with van der Waals surface area (Å²) in [6, 6.07) is 25.5. The first kappa shape index (κ1) is 44.7. The molecule has 1 saturated heterocycles. The van der Waals surface area contributed by atoms with Gasteiger partial charge in [0.05, 0.1) is 62.6 Å². The molecule has 1 heterocycles. The maximum absolute atomic E-state index is 15.0. The number of likely N-dealkylation sites (tertiary alicyclic amines) is 1. The molecule has 4 atom stereocenters. The first-order chi connectivity index (χ1) is 28.2. The highest BCUT2D eigenvalue weighted by molar-refractivity contribution is 5.93. The molecule has 2 unspecified atom stereocenters. The van der Waals surface area contributed by atoms with Crippen LogP contribution in [0.15, 0.2) is 84.9 Å².